The van der Waals surface area contributed by atoms with E-state index < -0.39 is 0 Å². The molecule has 4 heteroatoms. The summed E-state index contributed by atoms with van der Waals surface area (Å²) in [6.45, 7) is 1.50. The molecule has 1 N–H and O–H groups in total. The second-order valence-corrected chi connectivity index (χ2v) is 4.38. The standard InChI is InChI=1S/C8H7BrINO/c1-5(12)11-8-4-6(9)2-3-7(8)10/h2-4H,1H3,(H,11,12). The van der Waals surface area contributed by atoms with Gasteiger partial charge in [-0.1, -0.05) is 15.9 Å². The van der Waals surface area contributed by atoms with Crippen molar-refractivity contribution in [2.75, 3.05) is 5.32 Å². The van der Waals surface area contributed by atoms with Crippen LogP contribution in [0.25, 0.3) is 0 Å². The summed E-state index contributed by atoms with van der Waals surface area (Å²) in [6, 6.07) is 5.76. The van der Waals surface area contributed by atoms with E-state index in [9.17, 15) is 4.79 Å². The Kier molecular flexibility index (Phi) is 3.52. The SMILES string of the molecule is CC(=O)Nc1cc(Br)ccc1I. The molecule has 0 aliphatic heterocycles. The molecule has 1 aromatic rings. The van der Waals surface area contributed by atoms with Gasteiger partial charge >= 0.3 is 0 Å². The quantitative estimate of drug-likeness (QED) is 0.783. The maximum atomic E-state index is 10.7. The third-order valence-corrected chi connectivity index (χ3v) is 2.67. The summed E-state index contributed by atoms with van der Waals surface area (Å²) in [5.74, 6) is -0.0500. The molecule has 1 aromatic carbocycles. The Hall–Kier alpha value is -0.100. The van der Waals surface area contributed by atoms with Crippen molar-refractivity contribution in [3.05, 3.63) is 26.2 Å². The minimum atomic E-state index is -0.0500. The molecule has 0 aliphatic carbocycles. The zero-order chi connectivity index (χ0) is 9.14. The van der Waals surface area contributed by atoms with Gasteiger partial charge in [0.15, 0.2) is 0 Å². The maximum absolute atomic E-state index is 10.7. The van der Waals surface area contributed by atoms with E-state index in [1.54, 1.807) is 0 Å². The van der Waals surface area contributed by atoms with Crippen molar-refractivity contribution in [1.82, 2.24) is 0 Å². The van der Waals surface area contributed by atoms with Gasteiger partial charge in [0.1, 0.15) is 0 Å². The fourth-order valence-electron chi connectivity index (χ4n) is 0.783. The molecular formula is C8H7BrINO. The fourth-order valence-corrected chi connectivity index (χ4v) is 1.61. The molecule has 1 rings (SSSR count). The lowest BCUT2D eigenvalue weighted by Gasteiger charge is -2.04. The fraction of sp³-hybridized carbons (Fsp3) is 0.125. The molecule has 0 aromatic heterocycles. The van der Waals surface area contributed by atoms with E-state index in [1.165, 1.54) is 6.92 Å². The van der Waals surface area contributed by atoms with E-state index in [0.717, 1.165) is 13.7 Å². The molecule has 2 nitrogen and oxygen atoms in total. The molecule has 0 saturated carbocycles. The van der Waals surface area contributed by atoms with Crippen LogP contribution < -0.4 is 5.32 Å². The summed E-state index contributed by atoms with van der Waals surface area (Å²) < 4.78 is 2.00. The average molecular weight is 340 g/mol. The second-order valence-electron chi connectivity index (χ2n) is 2.31. The Bertz CT molecular complexity index is 314. The summed E-state index contributed by atoms with van der Waals surface area (Å²) >= 11 is 5.51. The van der Waals surface area contributed by atoms with Crippen molar-refractivity contribution in [3.8, 4) is 0 Å². The number of nitrogens with one attached hydrogen (secondary N) is 1. The summed E-state index contributed by atoms with van der Waals surface area (Å²) in [7, 11) is 0. The number of rotatable bonds is 1. The van der Waals surface area contributed by atoms with Crippen LogP contribution in [0, 0.1) is 3.57 Å². The molecule has 64 valence electrons. The van der Waals surface area contributed by atoms with Crippen molar-refractivity contribution in [2.45, 2.75) is 6.92 Å². The minimum Gasteiger partial charge on any atom is -0.325 e. The van der Waals surface area contributed by atoms with Crippen LogP contribution in [0.15, 0.2) is 22.7 Å². The normalized spacial score (nSPS) is 9.58. The van der Waals surface area contributed by atoms with Crippen LogP contribution in [0.1, 0.15) is 6.92 Å². The smallest absolute Gasteiger partial charge is 0.221 e. The van der Waals surface area contributed by atoms with Gasteiger partial charge in [0.05, 0.1) is 5.69 Å². The Labute approximate surface area is 93.0 Å². The van der Waals surface area contributed by atoms with Crippen LogP contribution in [-0.2, 0) is 4.79 Å². The molecule has 0 fully saturated rings. The van der Waals surface area contributed by atoms with Crippen LogP contribution in [0.5, 0.6) is 0 Å². The number of benzene rings is 1. The van der Waals surface area contributed by atoms with Gasteiger partial charge in [-0.25, -0.2) is 0 Å². The van der Waals surface area contributed by atoms with Crippen molar-refractivity contribution < 1.29 is 4.79 Å². The first-order valence-corrected chi connectivity index (χ1v) is 5.19. The number of carbonyl (C=O) groups is 1. The molecule has 0 radical (unpaired) electrons. The van der Waals surface area contributed by atoms with E-state index in [-0.39, 0.29) is 5.91 Å². The first kappa shape index (κ1) is 9.98. The molecule has 0 heterocycles. The highest BCUT2D eigenvalue weighted by Crippen LogP contribution is 2.22. The Balaban J connectivity index is 2.97. The predicted octanol–water partition coefficient (Wildman–Crippen LogP) is 3.01. The number of carbonyl (C=O) groups excluding carboxylic acids is 1. The molecule has 0 bridgehead atoms. The number of anilines is 1. The molecule has 0 atom stereocenters. The van der Waals surface area contributed by atoms with Gasteiger partial charge in [0, 0.05) is 15.0 Å². The Morgan fingerprint density at radius 1 is 1.58 bits per heavy atom. The van der Waals surface area contributed by atoms with E-state index >= 15 is 0 Å². The van der Waals surface area contributed by atoms with Gasteiger partial charge in [-0.3, -0.25) is 4.79 Å². The number of hydrogen-bond donors (Lipinski definition) is 1. The van der Waals surface area contributed by atoms with Crippen LogP contribution in [0.2, 0.25) is 0 Å². The van der Waals surface area contributed by atoms with Gasteiger partial charge in [0.2, 0.25) is 5.91 Å². The first-order chi connectivity index (χ1) is 5.59. The molecule has 0 unspecified atom stereocenters. The minimum absolute atomic E-state index is 0.0500. The lowest BCUT2D eigenvalue weighted by atomic mass is 10.3. The number of hydrogen-bond acceptors (Lipinski definition) is 1. The molecule has 0 aliphatic rings. The van der Waals surface area contributed by atoms with Gasteiger partial charge in [-0.05, 0) is 40.8 Å². The Morgan fingerprint density at radius 3 is 2.83 bits per heavy atom. The summed E-state index contributed by atoms with van der Waals surface area (Å²) in [5, 5.41) is 2.74. The predicted molar refractivity (Wildman–Crippen MR) is 61.2 cm³/mol. The lowest BCUT2D eigenvalue weighted by molar-refractivity contribution is -0.114. The summed E-state index contributed by atoms with van der Waals surface area (Å²) in [6.07, 6.45) is 0. The van der Waals surface area contributed by atoms with Crippen molar-refractivity contribution in [1.29, 1.82) is 0 Å². The summed E-state index contributed by atoms with van der Waals surface area (Å²) in [4.78, 5) is 10.7. The van der Waals surface area contributed by atoms with E-state index in [0.29, 0.717) is 0 Å². The van der Waals surface area contributed by atoms with Crippen LogP contribution in [-0.4, -0.2) is 5.91 Å². The zero-order valence-corrected chi connectivity index (χ0v) is 10.1. The van der Waals surface area contributed by atoms with E-state index in [1.807, 2.05) is 18.2 Å². The molecule has 12 heavy (non-hydrogen) atoms. The molecule has 1 amide bonds. The van der Waals surface area contributed by atoms with Crippen molar-refractivity contribution in [3.63, 3.8) is 0 Å². The third-order valence-electron chi connectivity index (χ3n) is 1.24. The van der Waals surface area contributed by atoms with Gasteiger partial charge in [0.25, 0.3) is 0 Å². The van der Waals surface area contributed by atoms with Crippen molar-refractivity contribution in [2.24, 2.45) is 0 Å². The second kappa shape index (κ2) is 4.23. The van der Waals surface area contributed by atoms with Crippen LogP contribution >= 0.6 is 38.5 Å². The monoisotopic (exact) mass is 339 g/mol. The van der Waals surface area contributed by atoms with E-state index in [4.69, 9.17) is 0 Å². The van der Waals surface area contributed by atoms with Gasteiger partial charge < -0.3 is 5.32 Å². The van der Waals surface area contributed by atoms with Crippen molar-refractivity contribution >= 4 is 50.1 Å². The van der Waals surface area contributed by atoms with Crippen LogP contribution in [0.4, 0.5) is 5.69 Å². The highest BCUT2D eigenvalue weighted by atomic mass is 127. The number of amides is 1. The van der Waals surface area contributed by atoms with E-state index in [2.05, 4.69) is 43.8 Å². The molecule has 0 saturated heterocycles. The zero-order valence-electron chi connectivity index (χ0n) is 6.40. The topological polar surface area (TPSA) is 29.1 Å². The third kappa shape index (κ3) is 2.75. The van der Waals surface area contributed by atoms with Gasteiger partial charge in [-0.15, -0.1) is 0 Å². The number of halogens is 2. The lowest BCUT2D eigenvalue weighted by Crippen LogP contribution is -2.06. The molecule has 0 spiro atoms. The maximum Gasteiger partial charge on any atom is 0.221 e. The highest BCUT2D eigenvalue weighted by Gasteiger charge is 2.00. The Morgan fingerprint density at radius 2 is 2.25 bits per heavy atom. The first-order valence-electron chi connectivity index (χ1n) is 3.32. The largest absolute Gasteiger partial charge is 0.325 e. The highest BCUT2D eigenvalue weighted by molar-refractivity contribution is 14.1. The van der Waals surface area contributed by atoms with Gasteiger partial charge in [-0.2, -0.15) is 0 Å². The van der Waals surface area contributed by atoms with Crippen LogP contribution in [0.3, 0.4) is 0 Å². The average Bonchev–Trinajstić information content (AvgIpc) is 1.96. The summed E-state index contributed by atoms with van der Waals surface area (Å²) in [5.41, 5.74) is 0.845. The molecular weight excluding hydrogens is 333 g/mol.